The standard InChI is InChI=1S/C14H12BrCl2NO/c15-9-4-5-11(14(17)13(9)16)18-7-6-8-10(18)2-1-3-12(8)19/h4-7,12,19H,1-3H2. The molecule has 0 aliphatic heterocycles. The molecule has 0 radical (unpaired) electrons. The zero-order valence-corrected chi connectivity index (χ0v) is 13.1. The highest BCUT2D eigenvalue weighted by Gasteiger charge is 2.22. The van der Waals surface area contributed by atoms with Crippen LogP contribution in [0.15, 0.2) is 28.9 Å². The zero-order chi connectivity index (χ0) is 13.6. The Kier molecular flexibility index (Phi) is 3.65. The van der Waals surface area contributed by atoms with Gasteiger partial charge in [0, 0.05) is 21.9 Å². The van der Waals surface area contributed by atoms with E-state index in [9.17, 15) is 5.11 Å². The zero-order valence-electron chi connectivity index (χ0n) is 10.0. The first-order valence-electron chi connectivity index (χ1n) is 6.11. The molecule has 0 amide bonds. The van der Waals surface area contributed by atoms with E-state index in [-0.39, 0.29) is 6.10 Å². The summed E-state index contributed by atoms with van der Waals surface area (Å²) < 4.78 is 2.81. The van der Waals surface area contributed by atoms with Crippen LogP contribution in [-0.4, -0.2) is 9.67 Å². The van der Waals surface area contributed by atoms with Crippen molar-refractivity contribution in [3.63, 3.8) is 0 Å². The molecular formula is C14H12BrCl2NO. The van der Waals surface area contributed by atoms with Crippen molar-refractivity contribution in [2.45, 2.75) is 25.4 Å². The van der Waals surface area contributed by atoms with Crippen molar-refractivity contribution in [2.75, 3.05) is 0 Å². The Morgan fingerprint density at radius 3 is 2.79 bits per heavy atom. The van der Waals surface area contributed by atoms with Crippen molar-refractivity contribution in [1.29, 1.82) is 0 Å². The Labute approximate surface area is 130 Å². The first-order valence-corrected chi connectivity index (χ1v) is 7.66. The lowest BCUT2D eigenvalue weighted by Gasteiger charge is -2.21. The highest BCUT2D eigenvalue weighted by atomic mass is 79.9. The van der Waals surface area contributed by atoms with Gasteiger partial charge in [0.15, 0.2) is 0 Å². The third kappa shape index (κ3) is 2.23. The minimum Gasteiger partial charge on any atom is -0.388 e. The van der Waals surface area contributed by atoms with Gasteiger partial charge in [-0.3, -0.25) is 0 Å². The number of halogens is 3. The molecule has 0 saturated heterocycles. The molecule has 5 heteroatoms. The number of hydrogen-bond donors (Lipinski definition) is 1. The molecule has 100 valence electrons. The fourth-order valence-corrected chi connectivity index (χ4v) is 3.45. The third-order valence-electron chi connectivity index (χ3n) is 3.55. The van der Waals surface area contributed by atoms with Gasteiger partial charge in [0.1, 0.15) is 0 Å². The molecule has 2 nitrogen and oxygen atoms in total. The minimum absolute atomic E-state index is 0.366. The Balaban J connectivity index is 2.16. The second-order valence-corrected chi connectivity index (χ2v) is 6.30. The van der Waals surface area contributed by atoms with Gasteiger partial charge in [-0.05, 0) is 53.4 Å². The lowest BCUT2D eigenvalue weighted by atomic mass is 9.95. The second kappa shape index (κ2) is 5.13. The Bertz CT molecular complexity index is 639. The molecule has 1 N–H and O–H groups in total. The predicted molar refractivity (Wildman–Crippen MR) is 81.4 cm³/mol. The first kappa shape index (κ1) is 13.5. The van der Waals surface area contributed by atoms with Crippen LogP contribution < -0.4 is 0 Å². The van der Waals surface area contributed by atoms with Crippen molar-refractivity contribution in [3.8, 4) is 5.69 Å². The summed E-state index contributed by atoms with van der Waals surface area (Å²) in [5, 5.41) is 11.0. The molecule has 1 unspecified atom stereocenters. The summed E-state index contributed by atoms with van der Waals surface area (Å²) in [7, 11) is 0. The summed E-state index contributed by atoms with van der Waals surface area (Å²) in [5.74, 6) is 0. The maximum absolute atomic E-state index is 10.0. The molecule has 0 fully saturated rings. The van der Waals surface area contributed by atoms with Gasteiger partial charge < -0.3 is 9.67 Å². The van der Waals surface area contributed by atoms with Crippen LogP contribution in [0.3, 0.4) is 0 Å². The molecule has 3 rings (SSSR count). The van der Waals surface area contributed by atoms with Gasteiger partial charge in [-0.1, -0.05) is 23.2 Å². The van der Waals surface area contributed by atoms with E-state index in [0.717, 1.165) is 40.7 Å². The summed E-state index contributed by atoms with van der Waals surface area (Å²) in [6.07, 6.45) is 4.34. The Morgan fingerprint density at radius 2 is 2.00 bits per heavy atom. The van der Waals surface area contributed by atoms with Crippen molar-refractivity contribution in [3.05, 3.63) is 50.2 Å². The average molecular weight is 361 g/mol. The Morgan fingerprint density at radius 1 is 1.21 bits per heavy atom. The van der Waals surface area contributed by atoms with Crippen LogP contribution in [0.2, 0.25) is 10.0 Å². The van der Waals surface area contributed by atoms with Crippen molar-refractivity contribution < 1.29 is 5.11 Å². The van der Waals surface area contributed by atoms with E-state index < -0.39 is 0 Å². The SMILES string of the molecule is OC1CCCc2c1ccn2-c1ccc(Br)c(Cl)c1Cl. The van der Waals surface area contributed by atoms with E-state index in [0.29, 0.717) is 10.0 Å². The Hall–Kier alpha value is -0.480. The molecule has 1 heterocycles. The highest BCUT2D eigenvalue weighted by molar-refractivity contribution is 9.10. The first-order chi connectivity index (χ1) is 9.09. The number of nitrogens with zero attached hydrogens (tertiary/aromatic N) is 1. The van der Waals surface area contributed by atoms with Crippen LogP contribution in [0.4, 0.5) is 0 Å². The van der Waals surface area contributed by atoms with Crippen LogP contribution in [0, 0.1) is 0 Å². The van der Waals surface area contributed by atoms with Gasteiger partial charge in [0.05, 0.1) is 21.8 Å². The second-order valence-electron chi connectivity index (χ2n) is 4.69. The summed E-state index contributed by atoms with van der Waals surface area (Å²) in [6.45, 7) is 0. The number of hydrogen-bond acceptors (Lipinski definition) is 1. The summed E-state index contributed by atoms with van der Waals surface area (Å²) in [5.41, 5.74) is 2.98. The van der Waals surface area contributed by atoms with Crippen LogP contribution in [0.5, 0.6) is 0 Å². The maximum atomic E-state index is 10.0. The number of aromatic nitrogens is 1. The highest BCUT2D eigenvalue weighted by Crippen LogP contribution is 2.38. The molecule has 0 spiro atoms. The van der Waals surface area contributed by atoms with Gasteiger partial charge in [0.2, 0.25) is 0 Å². The monoisotopic (exact) mass is 359 g/mol. The smallest absolute Gasteiger partial charge is 0.0844 e. The van der Waals surface area contributed by atoms with Crippen LogP contribution in [0.25, 0.3) is 5.69 Å². The van der Waals surface area contributed by atoms with Gasteiger partial charge in [0.25, 0.3) is 0 Å². The number of fused-ring (bicyclic) bond motifs is 1. The van der Waals surface area contributed by atoms with E-state index in [1.807, 2.05) is 29.0 Å². The molecule has 1 aliphatic carbocycles. The van der Waals surface area contributed by atoms with Crippen LogP contribution >= 0.6 is 39.1 Å². The fraction of sp³-hybridized carbons (Fsp3) is 0.286. The number of aliphatic hydroxyl groups excluding tert-OH is 1. The largest absolute Gasteiger partial charge is 0.388 e. The average Bonchev–Trinajstić information content (AvgIpc) is 2.82. The van der Waals surface area contributed by atoms with Crippen molar-refractivity contribution >= 4 is 39.1 Å². The van der Waals surface area contributed by atoms with E-state index in [4.69, 9.17) is 23.2 Å². The third-order valence-corrected chi connectivity index (χ3v) is 5.31. The van der Waals surface area contributed by atoms with Crippen molar-refractivity contribution in [1.82, 2.24) is 4.57 Å². The molecule has 0 bridgehead atoms. The maximum Gasteiger partial charge on any atom is 0.0844 e. The van der Waals surface area contributed by atoms with Crippen LogP contribution in [0.1, 0.15) is 30.2 Å². The summed E-state index contributed by atoms with van der Waals surface area (Å²) in [6, 6.07) is 5.78. The minimum atomic E-state index is -0.366. The topological polar surface area (TPSA) is 25.2 Å². The van der Waals surface area contributed by atoms with E-state index in [1.165, 1.54) is 0 Å². The van der Waals surface area contributed by atoms with Gasteiger partial charge >= 0.3 is 0 Å². The molecule has 1 aliphatic rings. The normalized spacial score (nSPS) is 18.4. The van der Waals surface area contributed by atoms with Gasteiger partial charge in [-0.25, -0.2) is 0 Å². The summed E-state index contributed by atoms with van der Waals surface area (Å²) >= 11 is 15.9. The fourth-order valence-electron chi connectivity index (χ4n) is 2.59. The summed E-state index contributed by atoms with van der Waals surface area (Å²) in [4.78, 5) is 0. The van der Waals surface area contributed by atoms with Crippen molar-refractivity contribution in [2.24, 2.45) is 0 Å². The van der Waals surface area contributed by atoms with E-state index >= 15 is 0 Å². The van der Waals surface area contributed by atoms with Gasteiger partial charge in [-0.15, -0.1) is 0 Å². The van der Waals surface area contributed by atoms with E-state index in [1.54, 1.807) is 0 Å². The number of aliphatic hydroxyl groups is 1. The van der Waals surface area contributed by atoms with E-state index in [2.05, 4.69) is 15.9 Å². The van der Waals surface area contributed by atoms with Crippen LogP contribution in [-0.2, 0) is 6.42 Å². The molecule has 1 aromatic carbocycles. The predicted octanol–water partition coefficient (Wildman–Crippen LogP) is 4.92. The molecule has 19 heavy (non-hydrogen) atoms. The molecule has 1 aromatic heterocycles. The lowest BCUT2D eigenvalue weighted by molar-refractivity contribution is 0.156. The quantitative estimate of drug-likeness (QED) is 0.717. The number of benzene rings is 1. The molecule has 2 aromatic rings. The lowest BCUT2D eigenvalue weighted by Crippen LogP contribution is -2.11. The molecule has 0 saturated carbocycles. The number of rotatable bonds is 1. The molecular weight excluding hydrogens is 349 g/mol. The van der Waals surface area contributed by atoms with Gasteiger partial charge in [-0.2, -0.15) is 0 Å². The molecule has 1 atom stereocenters.